The Balaban J connectivity index is 1.52. The fourth-order valence-corrected chi connectivity index (χ4v) is 5.90. The number of thiazole rings is 1. The van der Waals surface area contributed by atoms with E-state index in [1.165, 1.54) is 29.5 Å². The van der Waals surface area contributed by atoms with E-state index >= 15 is 4.39 Å². The summed E-state index contributed by atoms with van der Waals surface area (Å²) in [5.74, 6) is -0.777. The molecule has 2 aromatic heterocycles. The second-order valence-electron chi connectivity index (χ2n) is 11.8. The average Bonchev–Trinajstić information content (AvgIpc) is 3.34. The Labute approximate surface area is 253 Å². The summed E-state index contributed by atoms with van der Waals surface area (Å²) in [7, 11) is 0. The number of alkyl carbamates (subject to hydrolysis) is 1. The summed E-state index contributed by atoms with van der Waals surface area (Å²) in [6.07, 6.45) is -0.478. The van der Waals surface area contributed by atoms with Crippen molar-refractivity contribution in [1.82, 2.24) is 15.3 Å². The highest BCUT2D eigenvalue weighted by Gasteiger charge is 2.31. The maximum atomic E-state index is 15.7. The van der Waals surface area contributed by atoms with Gasteiger partial charge in [0, 0.05) is 42.0 Å². The van der Waals surface area contributed by atoms with Gasteiger partial charge in [0.05, 0.1) is 11.7 Å². The van der Waals surface area contributed by atoms with Crippen LogP contribution in [0, 0.1) is 23.0 Å². The van der Waals surface area contributed by atoms with Crippen LogP contribution in [-0.4, -0.2) is 47.3 Å². The number of rotatable bonds is 7. The Bertz CT molecular complexity index is 1700. The van der Waals surface area contributed by atoms with Gasteiger partial charge in [0.1, 0.15) is 33.6 Å². The number of hydrogen-bond donors (Lipinski definition) is 1. The minimum absolute atomic E-state index is 0.0387. The second-order valence-corrected chi connectivity index (χ2v) is 12.8. The zero-order valence-corrected chi connectivity index (χ0v) is 25.9. The number of carbonyl (C=O) groups excluding carboxylic acids is 1. The number of nitrogens with zero attached hydrogens (tertiary/aromatic N) is 5. The number of nitriles is 1. The molecule has 1 amide bonds. The Morgan fingerprint density at radius 1 is 1.19 bits per heavy atom. The maximum Gasteiger partial charge on any atom is 0.407 e. The van der Waals surface area contributed by atoms with Crippen LogP contribution in [0.25, 0.3) is 22.2 Å². The minimum atomic E-state index is -0.594. The molecule has 224 valence electrons. The van der Waals surface area contributed by atoms with E-state index in [0.717, 1.165) is 11.4 Å². The Hall–Kier alpha value is -4.30. The summed E-state index contributed by atoms with van der Waals surface area (Å²) < 4.78 is 34.7. The molecule has 1 aliphatic rings. The lowest BCUT2D eigenvalue weighted by Crippen LogP contribution is -2.60. The molecule has 5 rings (SSSR count). The fourth-order valence-electron chi connectivity index (χ4n) is 4.94. The number of hydrogen-bond acceptors (Lipinski definition) is 8. The van der Waals surface area contributed by atoms with Crippen molar-refractivity contribution >= 4 is 44.8 Å². The molecule has 8 nitrogen and oxygen atoms in total. The van der Waals surface area contributed by atoms with Crippen LogP contribution in [0.4, 0.5) is 30.1 Å². The molecule has 4 aromatic rings. The third-order valence-electron chi connectivity index (χ3n) is 7.08. The molecule has 0 aliphatic carbocycles. The Morgan fingerprint density at radius 3 is 2.49 bits per heavy atom. The molecule has 1 aliphatic heterocycles. The van der Waals surface area contributed by atoms with E-state index in [4.69, 9.17) is 9.72 Å². The zero-order chi connectivity index (χ0) is 31.1. The number of aromatic nitrogens is 2. The quantitative estimate of drug-likeness (QED) is 0.233. The molecule has 0 saturated carbocycles. The molecule has 0 unspecified atom stereocenters. The largest absolute Gasteiger partial charge is 0.444 e. The standard InChI is InChI=1S/C32H34F2N6O2S/c1-7-40(30-38-28(27(15-35)43-30)19-8-10-20(33)11-9-19)26-14-25(18(2)3)37-29-23(26)12-22(13-24(29)34)39-16-21(17-39)36-31(41)42-32(4,5)6/h8-14,18,21H,7,16-17H2,1-6H3,(H,36,41). The molecule has 43 heavy (non-hydrogen) atoms. The summed E-state index contributed by atoms with van der Waals surface area (Å²) in [6.45, 7) is 12.9. The molecule has 0 bridgehead atoms. The molecule has 11 heteroatoms. The van der Waals surface area contributed by atoms with E-state index in [-0.39, 0.29) is 23.3 Å². The number of carbonyl (C=O) groups is 1. The van der Waals surface area contributed by atoms with Crippen LogP contribution >= 0.6 is 11.3 Å². The van der Waals surface area contributed by atoms with Crippen molar-refractivity contribution in [2.24, 2.45) is 0 Å². The minimum Gasteiger partial charge on any atom is -0.444 e. The van der Waals surface area contributed by atoms with Crippen LogP contribution in [-0.2, 0) is 4.74 Å². The van der Waals surface area contributed by atoms with Gasteiger partial charge >= 0.3 is 6.09 Å². The van der Waals surface area contributed by atoms with Crippen LogP contribution in [0.15, 0.2) is 42.5 Å². The van der Waals surface area contributed by atoms with Gasteiger partial charge in [-0.1, -0.05) is 25.2 Å². The summed E-state index contributed by atoms with van der Waals surface area (Å²) in [4.78, 5) is 26.0. The molecule has 1 N–H and O–H groups in total. The third kappa shape index (κ3) is 6.39. The Morgan fingerprint density at radius 2 is 1.88 bits per heavy atom. The summed E-state index contributed by atoms with van der Waals surface area (Å²) in [5.41, 5.74) is 2.90. The van der Waals surface area contributed by atoms with Crippen molar-refractivity contribution in [1.29, 1.82) is 5.26 Å². The number of fused-ring (bicyclic) bond motifs is 1. The van der Waals surface area contributed by atoms with E-state index in [2.05, 4.69) is 16.4 Å². The van der Waals surface area contributed by atoms with E-state index in [0.29, 0.717) is 52.0 Å². The number of pyridine rings is 1. The Kier molecular flexibility index (Phi) is 8.25. The van der Waals surface area contributed by atoms with Gasteiger partial charge in [0.25, 0.3) is 0 Å². The van der Waals surface area contributed by atoms with E-state index in [1.807, 2.05) is 63.5 Å². The number of halogens is 2. The van der Waals surface area contributed by atoms with Crippen molar-refractivity contribution < 1.29 is 18.3 Å². The third-order valence-corrected chi connectivity index (χ3v) is 8.06. The summed E-state index contributed by atoms with van der Waals surface area (Å²) in [5, 5.41) is 13.9. The van der Waals surface area contributed by atoms with Crippen molar-refractivity contribution in [2.45, 2.75) is 59.1 Å². The SMILES string of the molecule is CCN(c1nc(-c2ccc(F)cc2)c(C#N)s1)c1cc(C(C)C)nc2c(F)cc(N3CC(NC(=O)OC(C)(C)C)C3)cc12. The summed E-state index contributed by atoms with van der Waals surface area (Å²) in [6, 6.07) is 13.3. The molecule has 3 heterocycles. The lowest BCUT2D eigenvalue weighted by molar-refractivity contribution is 0.0496. The molecule has 0 atom stereocenters. The first-order valence-electron chi connectivity index (χ1n) is 14.2. The lowest BCUT2D eigenvalue weighted by Gasteiger charge is -2.41. The monoisotopic (exact) mass is 604 g/mol. The van der Waals surface area contributed by atoms with Gasteiger partial charge in [0.2, 0.25) is 0 Å². The first-order valence-corrected chi connectivity index (χ1v) is 15.0. The number of nitrogens with one attached hydrogen (secondary N) is 1. The van der Waals surface area contributed by atoms with Crippen molar-refractivity contribution in [3.8, 4) is 17.3 Å². The van der Waals surface area contributed by atoms with E-state index in [1.54, 1.807) is 12.1 Å². The normalized spacial score (nSPS) is 13.6. The highest BCUT2D eigenvalue weighted by molar-refractivity contribution is 7.16. The van der Waals surface area contributed by atoms with Gasteiger partial charge in [-0.3, -0.25) is 0 Å². The van der Waals surface area contributed by atoms with Crippen LogP contribution in [0.5, 0.6) is 0 Å². The number of ether oxygens (including phenoxy) is 1. The van der Waals surface area contributed by atoms with Gasteiger partial charge in [0.15, 0.2) is 10.9 Å². The predicted molar refractivity (Wildman–Crippen MR) is 166 cm³/mol. The second kappa shape index (κ2) is 11.8. The van der Waals surface area contributed by atoms with Crippen LogP contribution in [0.3, 0.4) is 0 Å². The van der Waals surface area contributed by atoms with Gasteiger partial charge in [-0.15, -0.1) is 0 Å². The fraction of sp³-hybridized carbons (Fsp3) is 0.375. The van der Waals surface area contributed by atoms with E-state index in [9.17, 15) is 14.4 Å². The molecule has 2 aromatic carbocycles. The van der Waals surface area contributed by atoms with Gasteiger partial charge < -0.3 is 19.9 Å². The van der Waals surface area contributed by atoms with Crippen LogP contribution in [0.1, 0.15) is 58.0 Å². The van der Waals surface area contributed by atoms with Crippen molar-refractivity contribution in [2.75, 3.05) is 29.4 Å². The number of anilines is 3. The zero-order valence-electron chi connectivity index (χ0n) is 25.0. The average molecular weight is 605 g/mol. The lowest BCUT2D eigenvalue weighted by atomic mass is 10.0. The topological polar surface area (TPSA) is 94.4 Å². The van der Waals surface area contributed by atoms with Crippen molar-refractivity contribution in [3.63, 3.8) is 0 Å². The molecular weight excluding hydrogens is 570 g/mol. The first kappa shape index (κ1) is 30.2. The van der Waals surface area contributed by atoms with Crippen molar-refractivity contribution in [3.05, 3.63) is 64.7 Å². The van der Waals surface area contributed by atoms with E-state index < -0.39 is 17.5 Å². The highest BCUT2D eigenvalue weighted by Crippen LogP contribution is 2.41. The first-order chi connectivity index (χ1) is 20.4. The highest BCUT2D eigenvalue weighted by atomic mass is 32.1. The maximum absolute atomic E-state index is 15.7. The van der Waals surface area contributed by atoms with Gasteiger partial charge in [-0.25, -0.2) is 23.5 Å². The van der Waals surface area contributed by atoms with Gasteiger partial charge in [-0.2, -0.15) is 5.26 Å². The molecule has 1 saturated heterocycles. The predicted octanol–water partition coefficient (Wildman–Crippen LogP) is 7.50. The number of amides is 1. The smallest absolute Gasteiger partial charge is 0.407 e. The molecular formula is C32H34F2N6O2S. The summed E-state index contributed by atoms with van der Waals surface area (Å²) >= 11 is 1.23. The van der Waals surface area contributed by atoms with Crippen LogP contribution < -0.4 is 15.1 Å². The molecule has 0 radical (unpaired) electrons. The number of benzene rings is 2. The van der Waals surface area contributed by atoms with Gasteiger partial charge in [-0.05, 0) is 76.1 Å². The molecule has 0 spiro atoms. The molecule has 1 fully saturated rings. The van der Waals surface area contributed by atoms with Crippen LogP contribution in [0.2, 0.25) is 0 Å².